The highest BCUT2D eigenvalue weighted by atomic mass is 16.5. The van der Waals surface area contributed by atoms with Gasteiger partial charge in [-0.3, -0.25) is 14.4 Å². The highest BCUT2D eigenvalue weighted by Crippen LogP contribution is 2.10. The van der Waals surface area contributed by atoms with Crippen molar-refractivity contribution in [3.63, 3.8) is 0 Å². The molecule has 6 heteroatoms. The van der Waals surface area contributed by atoms with Gasteiger partial charge in [0.25, 0.3) is 5.91 Å². The van der Waals surface area contributed by atoms with Gasteiger partial charge in [0.1, 0.15) is 6.54 Å². The molecular weight excluding hydrogens is 320 g/mol. The first-order valence-corrected chi connectivity index (χ1v) is 8.89. The van der Waals surface area contributed by atoms with Crippen molar-refractivity contribution < 1.29 is 19.1 Å². The molecule has 1 aromatic rings. The number of benzene rings is 1. The van der Waals surface area contributed by atoms with E-state index in [0.717, 1.165) is 44.3 Å². The molecule has 2 rings (SSSR count). The lowest BCUT2D eigenvalue weighted by Gasteiger charge is -2.24. The van der Waals surface area contributed by atoms with Gasteiger partial charge in [-0.1, -0.05) is 49.6 Å². The van der Waals surface area contributed by atoms with Crippen LogP contribution in [0.4, 0.5) is 0 Å². The van der Waals surface area contributed by atoms with Crippen molar-refractivity contribution >= 4 is 17.8 Å². The minimum absolute atomic E-state index is 0.161. The van der Waals surface area contributed by atoms with Crippen LogP contribution in [-0.2, 0) is 25.5 Å². The molecule has 2 amide bonds. The van der Waals surface area contributed by atoms with E-state index in [2.05, 4.69) is 5.32 Å². The molecule has 1 aliphatic heterocycles. The van der Waals surface area contributed by atoms with Gasteiger partial charge >= 0.3 is 5.97 Å². The molecule has 0 bridgehead atoms. The summed E-state index contributed by atoms with van der Waals surface area (Å²) < 4.78 is 4.98. The zero-order valence-corrected chi connectivity index (χ0v) is 14.5. The van der Waals surface area contributed by atoms with Gasteiger partial charge < -0.3 is 15.0 Å². The molecule has 0 aliphatic carbocycles. The van der Waals surface area contributed by atoms with Crippen molar-refractivity contribution in [3.05, 3.63) is 35.9 Å². The summed E-state index contributed by atoms with van der Waals surface area (Å²) >= 11 is 0. The molecule has 0 saturated carbocycles. The number of hydrogen-bond donors (Lipinski definition) is 1. The van der Waals surface area contributed by atoms with E-state index in [4.69, 9.17) is 4.74 Å². The molecule has 6 nitrogen and oxygen atoms in total. The third kappa shape index (κ3) is 7.37. The average molecular weight is 346 g/mol. The van der Waals surface area contributed by atoms with Crippen LogP contribution in [0.25, 0.3) is 0 Å². The van der Waals surface area contributed by atoms with Crippen LogP contribution in [0.2, 0.25) is 0 Å². The number of esters is 1. The topological polar surface area (TPSA) is 75.7 Å². The first-order chi connectivity index (χ1) is 12.1. The molecule has 1 heterocycles. The molecular formula is C19H26N2O4. The van der Waals surface area contributed by atoms with Gasteiger partial charge in [0, 0.05) is 13.1 Å². The maximum atomic E-state index is 12.1. The second-order valence-corrected chi connectivity index (χ2v) is 6.25. The van der Waals surface area contributed by atoms with Crippen molar-refractivity contribution in [3.8, 4) is 0 Å². The fourth-order valence-electron chi connectivity index (χ4n) is 2.80. The van der Waals surface area contributed by atoms with E-state index in [1.54, 1.807) is 4.90 Å². The third-order valence-electron chi connectivity index (χ3n) is 4.20. The number of nitrogens with zero attached hydrogens (tertiary/aromatic N) is 1. The number of rotatable bonds is 6. The van der Waals surface area contributed by atoms with E-state index in [1.165, 1.54) is 6.42 Å². The molecule has 25 heavy (non-hydrogen) atoms. The van der Waals surface area contributed by atoms with Crippen molar-refractivity contribution in [1.29, 1.82) is 0 Å². The van der Waals surface area contributed by atoms with E-state index < -0.39 is 5.97 Å². The summed E-state index contributed by atoms with van der Waals surface area (Å²) in [7, 11) is 0. The van der Waals surface area contributed by atoms with E-state index in [9.17, 15) is 14.4 Å². The van der Waals surface area contributed by atoms with E-state index >= 15 is 0 Å². The summed E-state index contributed by atoms with van der Waals surface area (Å²) in [5.41, 5.74) is 0.876. The molecule has 1 N–H and O–H groups in total. The van der Waals surface area contributed by atoms with Gasteiger partial charge in [0.2, 0.25) is 5.91 Å². The molecule has 1 aliphatic rings. The Labute approximate surface area is 148 Å². The highest BCUT2D eigenvalue weighted by Gasteiger charge is 2.16. The van der Waals surface area contributed by atoms with Gasteiger partial charge in [-0.05, 0) is 18.4 Å². The lowest BCUT2D eigenvalue weighted by molar-refractivity contribution is -0.151. The Morgan fingerprint density at radius 2 is 1.60 bits per heavy atom. The molecule has 0 spiro atoms. The number of likely N-dealkylation sites (tertiary alicyclic amines) is 1. The van der Waals surface area contributed by atoms with Gasteiger partial charge in [0.05, 0.1) is 6.42 Å². The quantitative estimate of drug-likeness (QED) is 0.795. The molecule has 0 unspecified atom stereocenters. The van der Waals surface area contributed by atoms with Crippen LogP contribution < -0.4 is 5.32 Å². The smallest absolute Gasteiger partial charge is 0.325 e. The number of carbonyl (C=O) groups excluding carboxylic acids is 3. The van der Waals surface area contributed by atoms with Crippen molar-refractivity contribution in [2.75, 3.05) is 26.2 Å². The van der Waals surface area contributed by atoms with Crippen LogP contribution >= 0.6 is 0 Å². The number of amides is 2. The lowest BCUT2D eigenvalue weighted by atomic mass is 10.1. The van der Waals surface area contributed by atoms with Crippen molar-refractivity contribution in [2.24, 2.45) is 0 Å². The van der Waals surface area contributed by atoms with Crippen LogP contribution in [0.15, 0.2) is 30.3 Å². The summed E-state index contributed by atoms with van der Waals surface area (Å²) in [5, 5.41) is 2.51. The van der Waals surface area contributed by atoms with Crippen LogP contribution in [0.1, 0.15) is 37.7 Å². The van der Waals surface area contributed by atoms with Crippen LogP contribution in [0.3, 0.4) is 0 Å². The molecule has 0 radical (unpaired) electrons. The fourth-order valence-corrected chi connectivity index (χ4v) is 2.80. The zero-order valence-electron chi connectivity index (χ0n) is 14.5. The fraction of sp³-hybridized carbons (Fsp3) is 0.526. The molecule has 136 valence electrons. The minimum atomic E-state index is -0.596. The zero-order chi connectivity index (χ0) is 17.9. The largest absolute Gasteiger partial charge is 0.454 e. The van der Waals surface area contributed by atoms with Crippen LogP contribution in [0.5, 0.6) is 0 Å². The van der Waals surface area contributed by atoms with Crippen molar-refractivity contribution in [2.45, 2.75) is 38.5 Å². The predicted molar refractivity (Wildman–Crippen MR) is 93.8 cm³/mol. The second-order valence-electron chi connectivity index (χ2n) is 6.25. The van der Waals surface area contributed by atoms with E-state index in [1.807, 2.05) is 30.3 Å². The van der Waals surface area contributed by atoms with Gasteiger partial charge in [-0.15, -0.1) is 0 Å². The Hall–Kier alpha value is -2.37. The first-order valence-electron chi connectivity index (χ1n) is 8.89. The van der Waals surface area contributed by atoms with Gasteiger partial charge in [-0.25, -0.2) is 0 Å². The molecule has 1 aromatic carbocycles. The average Bonchev–Trinajstić information content (AvgIpc) is 2.58. The maximum absolute atomic E-state index is 12.1. The van der Waals surface area contributed by atoms with Crippen LogP contribution in [-0.4, -0.2) is 48.9 Å². The molecule has 1 saturated heterocycles. The summed E-state index contributed by atoms with van der Waals surface area (Å²) in [5.74, 6) is -1.01. The molecule has 0 aromatic heterocycles. The predicted octanol–water partition coefficient (Wildman–Crippen LogP) is 1.68. The number of carbonyl (C=O) groups is 3. The van der Waals surface area contributed by atoms with E-state index in [-0.39, 0.29) is 31.4 Å². The standard InChI is InChI=1S/C19H26N2O4/c22-17(13-16-9-5-4-6-10-16)20-14-19(24)25-15-18(23)21-11-7-2-1-3-8-12-21/h4-6,9-10H,1-3,7-8,11-15H2,(H,20,22). The first kappa shape index (κ1) is 19.0. The number of nitrogens with one attached hydrogen (secondary N) is 1. The SMILES string of the molecule is O=C(Cc1ccccc1)NCC(=O)OCC(=O)N1CCCCCCC1. The number of ether oxygens (including phenoxy) is 1. The maximum Gasteiger partial charge on any atom is 0.325 e. The number of hydrogen-bond acceptors (Lipinski definition) is 4. The summed E-state index contributed by atoms with van der Waals surface area (Å²) in [6.45, 7) is 0.973. The summed E-state index contributed by atoms with van der Waals surface area (Å²) in [6, 6.07) is 9.28. The Morgan fingerprint density at radius 1 is 0.960 bits per heavy atom. The third-order valence-corrected chi connectivity index (χ3v) is 4.20. The Bertz CT molecular complexity index is 566. The molecule has 0 atom stereocenters. The second kappa shape index (κ2) is 10.5. The monoisotopic (exact) mass is 346 g/mol. The highest BCUT2D eigenvalue weighted by molar-refractivity contribution is 5.85. The van der Waals surface area contributed by atoms with Gasteiger partial charge in [0.15, 0.2) is 6.61 Å². The summed E-state index contributed by atoms with van der Waals surface area (Å²) in [4.78, 5) is 37.4. The van der Waals surface area contributed by atoms with Crippen LogP contribution in [0, 0.1) is 0 Å². The Balaban J connectivity index is 1.64. The van der Waals surface area contributed by atoms with Crippen molar-refractivity contribution in [1.82, 2.24) is 10.2 Å². The Morgan fingerprint density at radius 3 is 2.28 bits per heavy atom. The minimum Gasteiger partial charge on any atom is -0.454 e. The Kier molecular flexibility index (Phi) is 7.95. The van der Waals surface area contributed by atoms with E-state index in [0.29, 0.717) is 0 Å². The molecule has 1 fully saturated rings. The van der Waals surface area contributed by atoms with Gasteiger partial charge in [-0.2, -0.15) is 0 Å². The summed E-state index contributed by atoms with van der Waals surface area (Å²) in [6.07, 6.45) is 5.69. The lowest BCUT2D eigenvalue weighted by Crippen LogP contribution is -2.38. The normalized spacial score (nSPS) is 15.0.